The van der Waals surface area contributed by atoms with Gasteiger partial charge in [-0.1, -0.05) is 24.3 Å². The van der Waals surface area contributed by atoms with Crippen LogP contribution in [0.3, 0.4) is 0 Å². The Morgan fingerprint density at radius 2 is 2.04 bits per heavy atom. The van der Waals surface area contributed by atoms with Crippen molar-refractivity contribution in [3.63, 3.8) is 0 Å². The highest BCUT2D eigenvalue weighted by Gasteiger charge is 2.28. The number of nitrogens with zero attached hydrogens (tertiary/aromatic N) is 3. The molecule has 1 saturated heterocycles. The second kappa shape index (κ2) is 7.58. The van der Waals surface area contributed by atoms with Crippen molar-refractivity contribution < 1.29 is 9.18 Å². The molecule has 0 aliphatic carbocycles. The van der Waals surface area contributed by atoms with E-state index in [1.807, 2.05) is 52.1 Å². The first kappa shape index (κ1) is 17.2. The summed E-state index contributed by atoms with van der Waals surface area (Å²) in [6.45, 7) is 0.698. The van der Waals surface area contributed by atoms with Crippen molar-refractivity contribution in [1.29, 1.82) is 0 Å². The number of amides is 1. The lowest BCUT2D eigenvalue weighted by atomic mass is 10.0. The van der Waals surface area contributed by atoms with Crippen molar-refractivity contribution >= 4 is 12.0 Å². The summed E-state index contributed by atoms with van der Waals surface area (Å²) in [6, 6.07) is 14.4. The third-order valence-corrected chi connectivity index (χ3v) is 4.88. The Morgan fingerprint density at radius 1 is 1.19 bits per heavy atom. The standard InChI is InChI=1S/C22H20FN3O/c23-19-4-1-3-18(15-19)21-5-2-13-26(21)22(27)11-8-17-6-9-20(10-7-17)25-14-12-24-16-25/h1,3-4,6-12,14-16,21H,2,5,13H2/b11-8+. The minimum Gasteiger partial charge on any atom is -0.332 e. The largest absolute Gasteiger partial charge is 0.332 e. The van der Waals surface area contributed by atoms with Gasteiger partial charge in [0, 0.05) is 30.7 Å². The molecule has 1 aliphatic heterocycles. The van der Waals surface area contributed by atoms with Crippen LogP contribution in [0.5, 0.6) is 0 Å². The molecule has 2 aromatic carbocycles. The minimum atomic E-state index is -0.264. The topological polar surface area (TPSA) is 38.1 Å². The summed E-state index contributed by atoms with van der Waals surface area (Å²) in [5.74, 6) is -0.305. The molecule has 0 bridgehead atoms. The Labute approximate surface area is 157 Å². The van der Waals surface area contributed by atoms with Gasteiger partial charge in [0.05, 0.1) is 12.4 Å². The van der Waals surface area contributed by atoms with Crippen molar-refractivity contribution in [2.45, 2.75) is 18.9 Å². The Kier molecular flexibility index (Phi) is 4.83. The monoisotopic (exact) mass is 361 g/mol. The molecule has 0 N–H and O–H groups in total. The summed E-state index contributed by atoms with van der Waals surface area (Å²) in [5, 5.41) is 0. The van der Waals surface area contributed by atoms with Crippen LogP contribution in [-0.4, -0.2) is 26.9 Å². The summed E-state index contributed by atoms with van der Waals surface area (Å²) < 4.78 is 15.5. The molecule has 136 valence electrons. The van der Waals surface area contributed by atoms with Gasteiger partial charge in [-0.15, -0.1) is 0 Å². The zero-order chi connectivity index (χ0) is 18.6. The van der Waals surface area contributed by atoms with Gasteiger partial charge in [0.25, 0.3) is 0 Å². The first-order valence-electron chi connectivity index (χ1n) is 9.03. The zero-order valence-corrected chi connectivity index (χ0v) is 14.8. The van der Waals surface area contributed by atoms with Crippen molar-refractivity contribution in [1.82, 2.24) is 14.5 Å². The zero-order valence-electron chi connectivity index (χ0n) is 14.8. The molecular weight excluding hydrogens is 341 g/mol. The van der Waals surface area contributed by atoms with Gasteiger partial charge in [0.15, 0.2) is 0 Å². The molecule has 4 rings (SSSR count). The quantitative estimate of drug-likeness (QED) is 0.647. The summed E-state index contributed by atoms with van der Waals surface area (Å²) >= 11 is 0. The van der Waals surface area contributed by atoms with Crippen LogP contribution in [0.15, 0.2) is 73.3 Å². The van der Waals surface area contributed by atoms with Crippen LogP contribution < -0.4 is 0 Å². The average Bonchev–Trinajstić information content (AvgIpc) is 3.38. The van der Waals surface area contributed by atoms with E-state index in [9.17, 15) is 9.18 Å². The Balaban J connectivity index is 1.46. The van der Waals surface area contributed by atoms with Crippen LogP contribution in [-0.2, 0) is 4.79 Å². The molecule has 0 saturated carbocycles. The van der Waals surface area contributed by atoms with Crippen molar-refractivity contribution in [3.8, 4) is 5.69 Å². The molecule has 1 atom stereocenters. The smallest absolute Gasteiger partial charge is 0.247 e. The maximum absolute atomic E-state index is 13.5. The predicted molar refractivity (Wildman–Crippen MR) is 103 cm³/mol. The van der Waals surface area contributed by atoms with E-state index < -0.39 is 0 Å². The first-order chi connectivity index (χ1) is 13.2. The minimum absolute atomic E-state index is 0.0413. The van der Waals surface area contributed by atoms with E-state index in [4.69, 9.17) is 0 Å². The molecule has 1 aromatic heterocycles. The molecule has 0 spiro atoms. The number of halogens is 1. The van der Waals surface area contributed by atoms with E-state index in [0.29, 0.717) is 6.54 Å². The number of carbonyl (C=O) groups excluding carboxylic acids is 1. The third-order valence-electron chi connectivity index (χ3n) is 4.88. The predicted octanol–water partition coefficient (Wildman–Crippen LogP) is 4.39. The van der Waals surface area contributed by atoms with E-state index >= 15 is 0 Å². The van der Waals surface area contributed by atoms with Crippen LogP contribution in [0, 0.1) is 5.82 Å². The number of imidazole rings is 1. The lowest BCUT2D eigenvalue weighted by Gasteiger charge is -2.24. The highest BCUT2D eigenvalue weighted by Crippen LogP contribution is 2.32. The number of hydrogen-bond acceptors (Lipinski definition) is 2. The van der Waals surface area contributed by atoms with E-state index in [1.165, 1.54) is 12.1 Å². The van der Waals surface area contributed by atoms with Gasteiger partial charge in [0.2, 0.25) is 5.91 Å². The molecule has 1 fully saturated rings. The van der Waals surface area contributed by atoms with Gasteiger partial charge in [-0.2, -0.15) is 0 Å². The fourth-order valence-electron chi connectivity index (χ4n) is 3.52. The highest BCUT2D eigenvalue weighted by atomic mass is 19.1. The van der Waals surface area contributed by atoms with Crippen molar-refractivity contribution in [2.24, 2.45) is 0 Å². The van der Waals surface area contributed by atoms with Crippen molar-refractivity contribution in [3.05, 3.63) is 90.3 Å². The molecule has 2 heterocycles. The fraction of sp³-hybridized carbons (Fsp3) is 0.182. The average molecular weight is 361 g/mol. The Hall–Kier alpha value is -3.21. The number of benzene rings is 2. The van der Waals surface area contributed by atoms with E-state index in [0.717, 1.165) is 29.7 Å². The normalized spacial score (nSPS) is 16.9. The van der Waals surface area contributed by atoms with Gasteiger partial charge in [0.1, 0.15) is 5.82 Å². The molecule has 1 amide bonds. The number of carbonyl (C=O) groups is 1. The summed E-state index contributed by atoms with van der Waals surface area (Å²) in [6.07, 6.45) is 10.6. The maximum atomic E-state index is 13.5. The second-order valence-corrected chi connectivity index (χ2v) is 6.64. The number of hydrogen-bond donors (Lipinski definition) is 0. The van der Waals surface area contributed by atoms with Gasteiger partial charge in [-0.3, -0.25) is 4.79 Å². The van der Waals surface area contributed by atoms with Gasteiger partial charge in [-0.25, -0.2) is 9.37 Å². The van der Waals surface area contributed by atoms with Crippen LogP contribution in [0.4, 0.5) is 4.39 Å². The summed E-state index contributed by atoms with van der Waals surface area (Å²) in [5.41, 5.74) is 2.83. The van der Waals surface area contributed by atoms with Crippen LogP contribution >= 0.6 is 0 Å². The molecule has 4 nitrogen and oxygen atoms in total. The second-order valence-electron chi connectivity index (χ2n) is 6.64. The van der Waals surface area contributed by atoms with E-state index in [-0.39, 0.29) is 17.8 Å². The lowest BCUT2D eigenvalue weighted by molar-refractivity contribution is -0.126. The first-order valence-corrected chi connectivity index (χ1v) is 9.03. The lowest BCUT2D eigenvalue weighted by Crippen LogP contribution is -2.28. The molecule has 27 heavy (non-hydrogen) atoms. The van der Waals surface area contributed by atoms with Gasteiger partial charge in [-0.05, 0) is 54.3 Å². The Morgan fingerprint density at radius 3 is 2.78 bits per heavy atom. The third kappa shape index (κ3) is 3.82. The molecule has 1 aliphatic rings. The molecular formula is C22H20FN3O. The molecule has 0 radical (unpaired) electrons. The fourth-order valence-corrected chi connectivity index (χ4v) is 3.52. The summed E-state index contributed by atoms with van der Waals surface area (Å²) in [4.78, 5) is 18.5. The van der Waals surface area contributed by atoms with E-state index in [2.05, 4.69) is 4.98 Å². The van der Waals surface area contributed by atoms with Crippen LogP contribution in [0.1, 0.15) is 30.0 Å². The Bertz CT molecular complexity index is 948. The highest BCUT2D eigenvalue weighted by molar-refractivity contribution is 5.92. The molecule has 3 aromatic rings. The van der Waals surface area contributed by atoms with Gasteiger partial charge < -0.3 is 9.47 Å². The molecule has 5 heteroatoms. The maximum Gasteiger partial charge on any atom is 0.247 e. The van der Waals surface area contributed by atoms with E-state index in [1.54, 1.807) is 24.7 Å². The van der Waals surface area contributed by atoms with Crippen LogP contribution in [0.2, 0.25) is 0 Å². The SMILES string of the molecule is O=C(/C=C/c1ccc(-n2ccnc2)cc1)N1CCCC1c1cccc(F)c1. The van der Waals surface area contributed by atoms with Gasteiger partial charge >= 0.3 is 0 Å². The van der Waals surface area contributed by atoms with Crippen LogP contribution in [0.25, 0.3) is 11.8 Å². The van der Waals surface area contributed by atoms with Crippen molar-refractivity contribution in [2.75, 3.05) is 6.54 Å². The number of rotatable bonds is 4. The summed E-state index contributed by atoms with van der Waals surface area (Å²) in [7, 11) is 0. The number of likely N-dealkylation sites (tertiary alicyclic amines) is 1. The molecule has 1 unspecified atom stereocenters. The number of aromatic nitrogens is 2.